The molecule has 2 unspecified atom stereocenters. The molecule has 1 fully saturated rings. The van der Waals surface area contributed by atoms with Crippen LogP contribution in [0.3, 0.4) is 0 Å². The minimum absolute atomic E-state index is 0.743. The van der Waals surface area contributed by atoms with Crippen molar-refractivity contribution in [3.05, 3.63) is 0 Å². The number of hydrogen-bond donors (Lipinski definition) is 1. The van der Waals surface area contributed by atoms with Gasteiger partial charge in [0.05, 0.1) is 0 Å². The number of rotatable bonds is 0. The van der Waals surface area contributed by atoms with Gasteiger partial charge in [-0.15, -0.1) is 0 Å². The monoisotopic (exact) mass is 171 g/mol. The molecule has 1 nitrogen and oxygen atoms in total. The highest BCUT2D eigenvalue weighted by Crippen LogP contribution is 2.14. The summed E-state index contributed by atoms with van der Waals surface area (Å²) in [4.78, 5) is 0. The summed E-state index contributed by atoms with van der Waals surface area (Å²) in [7, 11) is 0. The molecule has 74 valence electrons. The molecule has 1 N–H and O–H groups in total. The Balaban J connectivity index is 0.000000354. The first kappa shape index (κ1) is 12.0. The van der Waals surface area contributed by atoms with E-state index in [0.717, 1.165) is 12.0 Å². The van der Waals surface area contributed by atoms with Crippen LogP contribution in [0.1, 0.15) is 53.4 Å². The Kier molecular flexibility index (Phi) is 7.58. The first-order valence-electron chi connectivity index (χ1n) is 5.45. The maximum Gasteiger partial charge on any atom is 0.00643 e. The van der Waals surface area contributed by atoms with Crippen LogP contribution < -0.4 is 5.32 Å². The fraction of sp³-hybridized carbons (Fsp3) is 1.00. The van der Waals surface area contributed by atoms with E-state index in [1.807, 2.05) is 0 Å². The molecule has 0 aromatic rings. The van der Waals surface area contributed by atoms with Crippen molar-refractivity contribution in [3.63, 3.8) is 0 Å². The first-order valence-corrected chi connectivity index (χ1v) is 5.45. The van der Waals surface area contributed by atoms with Gasteiger partial charge in [-0.25, -0.2) is 0 Å². The topological polar surface area (TPSA) is 12.0 Å². The molecule has 0 aromatic heterocycles. The van der Waals surface area contributed by atoms with Gasteiger partial charge in [-0.3, -0.25) is 0 Å². The van der Waals surface area contributed by atoms with E-state index in [9.17, 15) is 0 Å². The highest BCUT2D eigenvalue weighted by Gasteiger charge is 2.13. The highest BCUT2D eigenvalue weighted by atomic mass is 14.9. The zero-order chi connectivity index (χ0) is 9.40. The summed E-state index contributed by atoms with van der Waals surface area (Å²) in [6.07, 6.45) is 5.45. The van der Waals surface area contributed by atoms with Crippen molar-refractivity contribution < 1.29 is 0 Å². The van der Waals surface area contributed by atoms with E-state index in [1.54, 1.807) is 0 Å². The predicted octanol–water partition coefficient (Wildman–Crippen LogP) is 3.20. The lowest BCUT2D eigenvalue weighted by molar-refractivity contribution is 0.415. The quantitative estimate of drug-likeness (QED) is 0.590. The molecule has 1 aliphatic heterocycles. The van der Waals surface area contributed by atoms with E-state index in [0.29, 0.717) is 0 Å². The van der Waals surface area contributed by atoms with E-state index in [4.69, 9.17) is 0 Å². The van der Waals surface area contributed by atoms with Crippen LogP contribution in [0.2, 0.25) is 0 Å². The molecule has 0 spiro atoms. The fourth-order valence-corrected chi connectivity index (χ4v) is 1.37. The summed E-state index contributed by atoms with van der Waals surface area (Å²) < 4.78 is 0. The predicted molar refractivity (Wildman–Crippen MR) is 56.4 cm³/mol. The van der Waals surface area contributed by atoms with Gasteiger partial charge in [0.15, 0.2) is 0 Å². The first-order chi connectivity index (χ1) is 5.72. The Morgan fingerprint density at radius 3 is 2.33 bits per heavy atom. The largest absolute Gasteiger partial charge is 0.314 e. The molecule has 1 saturated heterocycles. The van der Waals surface area contributed by atoms with E-state index in [1.165, 1.54) is 32.2 Å². The van der Waals surface area contributed by atoms with E-state index in [-0.39, 0.29) is 0 Å². The van der Waals surface area contributed by atoms with Crippen molar-refractivity contribution in [2.75, 3.05) is 6.54 Å². The van der Waals surface area contributed by atoms with Gasteiger partial charge in [-0.2, -0.15) is 0 Å². The van der Waals surface area contributed by atoms with Gasteiger partial charge < -0.3 is 5.32 Å². The van der Waals surface area contributed by atoms with Gasteiger partial charge in [-0.05, 0) is 32.2 Å². The van der Waals surface area contributed by atoms with Crippen molar-refractivity contribution in [1.82, 2.24) is 5.32 Å². The van der Waals surface area contributed by atoms with Crippen molar-refractivity contribution in [2.45, 2.75) is 59.4 Å². The van der Waals surface area contributed by atoms with Gasteiger partial charge in [0, 0.05) is 6.04 Å². The average molecular weight is 171 g/mol. The van der Waals surface area contributed by atoms with E-state index < -0.39 is 0 Å². The van der Waals surface area contributed by atoms with Crippen LogP contribution in [0, 0.1) is 5.92 Å². The molecule has 0 saturated carbocycles. The number of nitrogens with one attached hydrogen (secondary N) is 1. The molecule has 1 heteroatoms. The molecule has 0 amide bonds. The van der Waals surface area contributed by atoms with Crippen LogP contribution >= 0.6 is 0 Å². The second-order valence-electron chi connectivity index (χ2n) is 3.92. The zero-order valence-corrected chi connectivity index (χ0v) is 9.19. The van der Waals surface area contributed by atoms with E-state index in [2.05, 4.69) is 33.0 Å². The molecule has 12 heavy (non-hydrogen) atoms. The Hall–Kier alpha value is -0.0400. The normalized spacial score (nSPS) is 30.0. The lowest BCUT2D eigenvalue weighted by Crippen LogP contribution is -2.30. The lowest BCUT2D eigenvalue weighted by Gasteiger charge is -2.16. The lowest BCUT2D eigenvalue weighted by atomic mass is 9.99. The van der Waals surface area contributed by atoms with Gasteiger partial charge in [0.2, 0.25) is 0 Å². The average Bonchev–Trinajstić information content (AvgIpc) is 2.19. The molecule has 1 rings (SSSR count). The van der Waals surface area contributed by atoms with Gasteiger partial charge in [0.25, 0.3) is 0 Å². The summed E-state index contributed by atoms with van der Waals surface area (Å²) in [5, 5.41) is 3.49. The summed E-state index contributed by atoms with van der Waals surface area (Å²) in [6.45, 7) is 10.1. The Morgan fingerprint density at radius 2 is 1.75 bits per heavy atom. The molecule has 2 atom stereocenters. The summed E-state index contributed by atoms with van der Waals surface area (Å²) >= 11 is 0. The summed E-state index contributed by atoms with van der Waals surface area (Å²) in [6, 6.07) is 0.743. The van der Waals surface area contributed by atoms with Crippen LogP contribution in [-0.4, -0.2) is 12.6 Å². The molecule has 0 radical (unpaired) electrons. The maximum atomic E-state index is 3.49. The third-order valence-electron chi connectivity index (χ3n) is 2.41. The second-order valence-corrected chi connectivity index (χ2v) is 3.92. The Bertz CT molecular complexity index is 81.0. The minimum Gasteiger partial charge on any atom is -0.314 e. The van der Waals surface area contributed by atoms with Crippen LogP contribution in [0.25, 0.3) is 0 Å². The third-order valence-corrected chi connectivity index (χ3v) is 2.41. The molecule has 0 aromatic carbocycles. The van der Waals surface area contributed by atoms with Gasteiger partial charge in [0.1, 0.15) is 0 Å². The maximum absolute atomic E-state index is 3.49. The molecule has 1 aliphatic rings. The zero-order valence-electron chi connectivity index (χ0n) is 9.19. The second kappa shape index (κ2) is 7.60. The van der Waals surface area contributed by atoms with Crippen molar-refractivity contribution in [1.29, 1.82) is 0 Å². The van der Waals surface area contributed by atoms with Crippen LogP contribution in [0.5, 0.6) is 0 Å². The molecule has 0 aliphatic carbocycles. The highest BCUT2D eigenvalue weighted by molar-refractivity contribution is 4.71. The van der Waals surface area contributed by atoms with Crippen molar-refractivity contribution >= 4 is 0 Å². The van der Waals surface area contributed by atoms with Gasteiger partial charge >= 0.3 is 0 Å². The Labute approximate surface area is 77.9 Å². The summed E-state index contributed by atoms with van der Waals surface area (Å²) in [5.74, 6) is 0.882. The van der Waals surface area contributed by atoms with Crippen LogP contribution in [0.4, 0.5) is 0 Å². The van der Waals surface area contributed by atoms with Crippen molar-refractivity contribution in [3.8, 4) is 0 Å². The van der Waals surface area contributed by atoms with Crippen molar-refractivity contribution in [2.24, 2.45) is 5.92 Å². The SMILES string of the molecule is CC1CCCCNC1C.CCC. The molecule has 1 heterocycles. The van der Waals surface area contributed by atoms with Crippen LogP contribution in [0.15, 0.2) is 0 Å². The molecule has 0 bridgehead atoms. The third kappa shape index (κ3) is 5.59. The smallest absolute Gasteiger partial charge is 0.00643 e. The minimum atomic E-state index is 0.743. The summed E-state index contributed by atoms with van der Waals surface area (Å²) in [5.41, 5.74) is 0. The standard InChI is InChI=1S/C8H17N.C3H8/c1-7-5-3-4-6-9-8(7)2;1-3-2/h7-9H,3-6H2,1-2H3;3H2,1-2H3. The molecular formula is C11H25N. The van der Waals surface area contributed by atoms with Crippen LogP contribution in [-0.2, 0) is 0 Å². The fourth-order valence-electron chi connectivity index (χ4n) is 1.37. The van der Waals surface area contributed by atoms with Gasteiger partial charge in [-0.1, -0.05) is 33.6 Å². The molecular weight excluding hydrogens is 146 g/mol. The number of hydrogen-bond acceptors (Lipinski definition) is 1. The van der Waals surface area contributed by atoms with E-state index >= 15 is 0 Å². The Morgan fingerprint density at radius 1 is 1.17 bits per heavy atom.